The normalized spacial score (nSPS) is 10.9. The lowest BCUT2D eigenvalue weighted by Gasteiger charge is -2.05. The van der Waals surface area contributed by atoms with Crippen molar-refractivity contribution in [3.05, 3.63) is 19.1 Å². The Labute approximate surface area is 68.2 Å². The zero-order valence-electron chi connectivity index (χ0n) is 7.17. The Morgan fingerprint density at radius 1 is 1.64 bits per heavy atom. The van der Waals surface area contributed by atoms with Crippen molar-refractivity contribution in [1.82, 2.24) is 0 Å². The van der Waals surface area contributed by atoms with Gasteiger partial charge in [0.25, 0.3) is 0 Å². The van der Waals surface area contributed by atoms with E-state index in [0.29, 0.717) is 6.42 Å². The Morgan fingerprint density at radius 2 is 2.27 bits per heavy atom. The highest BCUT2D eigenvalue weighted by atomic mass is 16.5. The van der Waals surface area contributed by atoms with Crippen molar-refractivity contribution in [2.24, 2.45) is 0 Å². The fourth-order valence-electron chi connectivity index (χ4n) is 0.641. The summed E-state index contributed by atoms with van der Waals surface area (Å²) in [5, 5.41) is 0. The van der Waals surface area contributed by atoms with E-state index in [9.17, 15) is 4.79 Å². The number of hydrogen-bond acceptors (Lipinski definition) is 2. The first kappa shape index (κ1) is 10.2. The van der Waals surface area contributed by atoms with Crippen LogP contribution in [0, 0.1) is 6.92 Å². The van der Waals surface area contributed by atoms with Crippen LogP contribution < -0.4 is 0 Å². The molecule has 0 N–H and O–H groups in total. The Bertz CT molecular complexity index is 136. The summed E-state index contributed by atoms with van der Waals surface area (Å²) in [5.41, 5.74) is 0. The molecule has 0 aromatic heterocycles. The Hall–Kier alpha value is -0.790. The third-order valence-electron chi connectivity index (χ3n) is 1.05. The van der Waals surface area contributed by atoms with Gasteiger partial charge in [-0.3, -0.25) is 4.79 Å². The zero-order valence-corrected chi connectivity index (χ0v) is 7.17. The highest BCUT2D eigenvalue weighted by molar-refractivity contribution is 5.69. The van der Waals surface area contributed by atoms with Crippen LogP contribution >= 0.6 is 0 Å². The predicted molar refractivity (Wildman–Crippen MR) is 45.0 cm³/mol. The van der Waals surface area contributed by atoms with Crippen LogP contribution in [0.5, 0.6) is 0 Å². The van der Waals surface area contributed by atoms with Gasteiger partial charge in [-0.25, -0.2) is 0 Å². The predicted octanol–water partition coefficient (Wildman–Crippen LogP) is 2.11. The average Bonchev–Trinajstić information content (AvgIpc) is 1.86. The molecule has 0 rings (SSSR count). The molecule has 63 valence electrons. The lowest BCUT2D eigenvalue weighted by molar-refractivity contribution is -0.147. The molecule has 11 heavy (non-hydrogen) atoms. The molecule has 0 unspecified atom stereocenters. The number of rotatable bonds is 4. The number of carbonyl (C=O) groups excluding carboxylic acids is 1. The highest BCUT2D eigenvalue weighted by Crippen LogP contribution is 1.97. The number of hydrogen-bond donors (Lipinski definition) is 0. The minimum Gasteiger partial charge on any atom is -0.463 e. The maximum Gasteiger partial charge on any atom is 0.306 e. The van der Waals surface area contributed by atoms with Crippen molar-refractivity contribution in [2.75, 3.05) is 0 Å². The van der Waals surface area contributed by atoms with E-state index >= 15 is 0 Å². The molecule has 2 nitrogen and oxygen atoms in total. The molecule has 0 fully saturated rings. The third-order valence-corrected chi connectivity index (χ3v) is 1.05. The van der Waals surface area contributed by atoms with Crippen molar-refractivity contribution >= 4 is 5.97 Å². The fourth-order valence-corrected chi connectivity index (χ4v) is 0.641. The average molecular weight is 155 g/mol. The minimum absolute atomic E-state index is 0.00812. The molecule has 0 aliphatic heterocycles. The molecule has 0 aromatic carbocycles. The van der Waals surface area contributed by atoms with Gasteiger partial charge in [-0.2, -0.15) is 0 Å². The topological polar surface area (TPSA) is 26.3 Å². The smallest absolute Gasteiger partial charge is 0.306 e. The molecule has 2 heteroatoms. The molecule has 0 atom stereocenters. The summed E-state index contributed by atoms with van der Waals surface area (Å²) in [7, 11) is 0. The summed E-state index contributed by atoms with van der Waals surface area (Å²) in [5.74, 6) is -0.141. The highest BCUT2D eigenvalue weighted by Gasteiger charge is 2.02. The van der Waals surface area contributed by atoms with Crippen molar-refractivity contribution in [3.63, 3.8) is 0 Å². The van der Waals surface area contributed by atoms with Gasteiger partial charge in [-0.05, 0) is 27.2 Å². The molecule has 0 aliphatic rings. The van der Waals surface area contributed by atoms with Gasteiger partial charge < -0.3 is 4.74 Å². The molecule has 0 heterocycles. The van der Waals surface area contributed by atoms with E-state index in [1.165, 1.54) is 0 Å². The second kappa shape index (κ2) is 5.96. The number of ether oxygens (including phenoxy) is 1. The van der Waals surface area contributed by atoms with Gasteiger partial charge >= 0.3 is 5.97 Å². The van der Waals surface area contributed by atoms with Crippen LogP contribution in [0.3, 0.4) is 0 Å². The standard InChI is InChI=1S/C9H15O2/c1-4-5-6-7-9(10)11-8(2)3/h4-5,8H,1,6-7H2,2-3H3. The Balaban J connectivity index is 3.37. The van der Waals surface area contributed by atoms with E-state index < -0.39 is 0 Å². The first-order chi connectivity index (χ1) is 5.16. The van der Waals surface area contributed by atoms with Crippen LogP contribution in [-0.2, 0) is 9.53 Å². The Morgan fingerprint density at radius 3 is 2.73 bits per heavy atom. The van der Waals surface area contributed by atoms with Gasteiger partial charge in [0.2, 0.25) is 0 Å². The summed E-state index contributed by atoms with van der Waals surface area (Å²) in [6, 6.07) is 0. The van der Waals surface area contributed by atoms with Crippen molar-refractivity contribution in [3.8, 4) is 0 Å². The second-order valence-electron chi connectivity index (χ2n) is 2.55. The molecule has 0 amide bonds. The van der Waals surface area contributed by atoms with Gasteiger partial charge in [-0.1, -0.05) is 12.2 Å². The van der Waals surface area contributed by atoms with Gasteiger partial charge in [0.15, 0.2) is 0 Å². The largest absolute Gasteiger partial charge is 0.463 e. The number of allylic oxidation sites excluding steroid dienone is 2. The lowest BCUT2D eigenvalue weighted by Crippen LogP contribution is -2.10. The molecule has 0 saturated carbocycles. The summed E-state index contributed by atoms with van der Waals surface area (Å²) in [6.45, 7) is 7.20. The maximum atomic E-state index is 10.9. The van der Waals surface area contributed by atoms with Crippen LogP contribution in [-0.4, -0.2) is 12.1 Å². The van der Waals surface area contributed by atoms with Crippen LogP contribution in [0.25, 0.3) is 0 Å². The SMILES string of the molecule is [CH2]C=CCCC(=O)OC(C)C. The van der Waals surface area contributed by atoms with E-state index in [2.05, 4.69) is 6.92 Å². The van der Waals surface area contributed by atoms with Gasteiger partial charge in [0.05, 0.1) is 6.10 Å². The van der Waals surface area contributed by atoms with Crippen molar-refractivity contribution in [2.45, 2.75) is 32.8 Å². The van der Waals surface area contributed by atoms with Crippen molar-refractivity contribution < 1.29 is 9.53 Å². The zero-order chi connectivity index (χ0) is 8.69. The van der Waals surface area contributed by atoms with E-state index in [4.69, 9.17) is 4.74 Å². The van der Waals surface area contributed by atoms with Crippen LogP contribution in [0.2, 0.25) is 0 Å². The van der Waals surface area contributed by atoms with Crippen LogP contribution in [0.4, 0.5) is 0 Å². The Kier molecular flexibility index (Phi) is 5.53. The van der Waals surface area contributed by atoms with Crippen molar-refractivity contribution in [1.29, 1.82) is 0 Å². The molecule has 0 spiro atoms. The molecule has 1 radical (unpaired) electrons. The molecular formula is C9H15O2. The lowest BCUT2D eigenvalue weighted by atomic mass is 10.3. The number of esters is 1. The number of carbonyl (C=O) groups is 1. The van der Waals surface area contributed by atoms with Gasteiger partial charge in [0, 0.05) is 6.42 Å². The van der Waals surface area contributed by atoms with E-state index in [-0.39, 0.29) is 12.1 Å². The quantitative estimate of drug-likeness (QED) is 0.581. The summed E-state index contributed by atoms with van der Waals surface area (Å²) < 4.78 is 4.90. The van der Waals surface area contributed by atoms with E-state index in [1.807, 2.05) is 19.9 Å². The van der Waals surface area contributed by atoms with Gasteiger partial charge in [0.1, 0.15) is 0 Å². The summed E-state index contributed by atoms with van der Waals surface area (Å²) in [4.78, 5) is 10.9. The molecule has 0 aliphatic carbocycles. The molecular weight excluding hydrogens is 140 g/mol. The van der Waals surface area contributed by atoms with Crippen LogP contribution in [0.1, 0.15) is 26.7 Å². The van der Waals surface area contributed by atoms with E-state index in [1.54, 1.807) is 6.08 Å². The summed E-state index contributed by atoms with van der Waals surface area (Å²) >= 11 is 0. The third kappa shape index (κ3) is 7.10. The molecule has 0 aromatic rings. The second-order valence-corrected chi connectivity index (χ2v) is 2.55. The monoisotopic (exact) mass is 155 g/mol. The fraction of sp³-hybridized carbons (Fsp3) is 0.556. The summed E-state index contributed by atoms with van der Waals surface area (Å²) in [6.07, 6.45) is 4.69. The van der Waals surface area contributed by atoms with Crippen LogP contribution in [0.15, 0.2) is 12.2 Å². The van der Waals surface area contributed by atoms with E-state index in [0.717, 1.165) is 6.42 Å². The minimum atomic E-state index is -0.141. The first-order valence-corrected chi connectivity index (χ1v) is 3.80. The van der Waals surface area contributed by atoms with Gasteiger partial charge in [-0.15, -0.1) is 0 Å². The molecule has 0 bridgehead atoms. The maximum absolute atomic E-state index is 10.9. The first-order valence-electron chi connectivity index (χ1n) is 3.80. The molecule has 0 saturated heterocycles.